The Balaban J connectivity index is 1.79. The fourth-order valence-electron chi connectivity index (χ4n) is 2.93. The van der Waals surface area contributed by atoms with Gasteiger partial charge in [0.2, 0.25) is 17.8 Å². The number of hydrogen-bond donors (Lipinski definition) is 2. The lowest BCUT2D eigenvalue weighted by atomic mass is 10.2. The Bertz CT molecular complexity index is 1030. The first-order valence-electron chi connectivity index (χ1n) is 9.41. The molecule has 144 valence electrons. The van der Waals surface area contributed by atoms with E-state index in [0.717, 1.165) is 17.1 Å². The third-order valence-corrected chi connectivity index (χ3v) is 4.38. The van der Waals surface area contributed by atoms with Crippen LogP contribution in [-0.2, 0) is 0 Å². The van der Waals surface area contributed by atoms with Gasteiger partial charge in [0.25, 0.3) is 0 Å². The van der Waals surface area contributed by atoms with E-state index in [1.807, 2.05) is 89.8 Å². The van der Waals surface area contributed by atoms with Crippen LogP contribution in [0.3, 0.4) is 0 Å². The number of aryl methyl sites for hydroxylation is 1. The zero-order valence-electron chi connectivity index (χ0n) is 16.4. The monoisotopic (exact) mass is 382 g/mol. The molecule has 0 amide bonds. The molecule has 6 nitrogen and oxygen atoms in total. The van der Waals surface area contributed by atoms with Gasteiger partial charge in [-0.2, -0.15) is 15.0 Å². The molecule has 1 aromatic heterocycles. The van der Waals surface area contributed by atoms with Gasteiger partial charge in [0.1, 0.15) is 0 Å². The molecule has 3 aromatic carbocycles. The van der Waals surface area contributed by atoms with E-state index in [4.69, 9.17) is 4.98 Å². The van der Waals surface area contributed by atoms with Crippen molar-refractivity contribution in [1.29, 1.82) is 0 Å². The highest BCUT2D eigenvalue weighted by molar-refractivity contribution is 5.73. The smallest absolute Gasteiger partial charge is 0.241 e. The number of benzene rings is 3. The van der Waals surface area contributed by atoms with Crippen molar-refractivity contribution in [1.82, 2.24) is 15.0 Å². The van der Waals surface area contributed by atoms with Crippen LogP contribution < -0.4 is 15.5 Å². The zero-order chi connectivity index (χ0) is 20.1. The lowest BCUT2D eigenvalue weighted by Gasteiger charge is -2.23. The standard InChI is InChI=1S/C23H22N6/c1-17-13-15-18(16-14-17)25-22-26-21(24-2)27-23(28-22)29(19-9-5-3-6-10-19)20-11-7-4-8-12-20/h3-16H,1-2H3,(H2,24,25,26,27,28). The van der Waals surface area contributed by atoms with Crippen LogP contribution in [0.1, 0.15) is 5.56 Å². The topological polar surface area (TPSA) is 66.0 Å². The average molecular weight is 382 g/mol. The van der Waals surface area contributed by atoms with Gasteiger partial charge in [-0.3, -0.25) is 4.90 Å². The molecule has 0 aliphatic carbocycles. The number of nitrogens with zero attached hydrogens (tertiary/aromatic N) is 4. The molecule has 0 saturated heterocycles. The Morgan fingerprint density at radius 1 is 0.655 bits per heavy atom. The summed E-state index contributed by atoms with van der Waals surface area (Å²) in [6.45, 7) is 2.06. The van der Waals surface area contributed by atoms with Gasteiger partial charge in [-0.05, 0) is 43.3 Å². The molecule has 0 bridgehead atoms. The number of rotatable bonds is 6. The van der Waals surface area contributed by atoms with Gasteiger partial charge in [-0.1, -0.05) is 54.1 Å². The van der Waals surface area contributed by atoms with Gasteiger partial charge in [-0.15, -0.1) is 0 Å². The van der Waals surface area contributed by atoms with E-state index in [2.05, 4.69) is 27.5 Å². The number of nitrogens with one attached hydrogen (secondary N) is 2. The van der Waals surface area contributed by atoms with Gasteiger partial charge < -0.3 is 10.6 Å². The van der Waals surface area contributed by atoms with Crippen molar-refractivity contribution in [2.45, 2.75) is 6.92 Å². The zero-order valence-corrected chi connectivity index (χ0v) is 16.4. The van der Waals surface area contributed by atoms with Gasteiger partial charge in [-0.25, -0.2) is 0 Å². The quantitative estimate of drug-likeness (QED) is 0.463. The molecule has 0 radical (unpaired) electrons. The van der Waals surface area contributed by atoms with Gasteiger partial charge in [0.05, 0.1) is 0 Å². The van der Waals surface area contributed by atoms with Crippen LogP contribution in [0.2, 0.25) is 0 Å². The molecule has 0 aliphatic heterocycles. The summed E-state index contributed by atoms with van der Waals surface area (Å²) in [5, 5.41) is 6.31. The molecule has 0 spiro atoms. The van der Waals surface area contributed by atoms with E-state index >= 15 is 0 Å². The molecule has 0 fully saturated rings. The highest BCUT2D eigenvalue weighted by Gasteiger charge is 2.17. The first kappa shape index (κ1) is 18.4. The van der Waals surface area contributed by atoms with Crippen LogP contribution in [0.5, 0.6) is 0 Å². The van der Waals surface area contributed by atoms with Crippen molar-refractivity contribution in [3.63, 3.8) is 0 Å². The van der Waals surface area contributed by atoms with Crippen LogP contribution in [0.25, 0.3) is 0 Å². The van der Waals surface area contributed by atoms with Crippen LogP contribution in [0, 0.1) is 6.92 Å². The molecule has 4 rings (SSSR count). The SMILES string of the molecule is CNc1nc(Nc2ccc(C)cc2)nc(N(c2ccccc2)c2ccccc2)n1. The largest absolute Gasteiger partial charge is 0.357 e. The van der Waals surface area contributed by atoms with Crippen LogP contribution in [0.15, 0.2) is 84.9 Å². The van der Waals surface area contributed by atoms with E-state index in [-0.39, 0.29) is 0 Å². The molecule has 0 unspecified atom stereocenters. The molecular formula is C23H22N6. The second kappa shape index (κ2) is 8.39. The molecule has 4 aromatic rings. The Labute approximate surface area is 170 Å². The van der Waals surface area contributed by atoms with Crippen molar-refractivity contribution in [3.05, 3.63) is 90.5 Å². The lowest BCUT2D eigenvalue weighted by molar-refractivity contribution is 1.01. The summed E-state index contributed by atoms with van der Waals surface area (Å²) in [4.78, 5) is 15.8. The fraction of sp³-hybridized carbons (Fsp3) is 0.0870. The molecule has 1 heterocycles. The maximum Gasteiger partial charge on any atom is 0.241 e. The third kappa shape index (κ3) is 4.32. The van der Waals surface area contributed by atoms with E-state index in [9.17, 15) is 0 Å². The maximum atomic E-state index is 4.70. The lowest BCUT2D eigenvalue weighted by Crippen LogP contribution is -2.16. The predicted octanol–water partition coefficient (Wildman–Crippen LogP) is 5.44. The summed E-state index contributed by atoms with van der Waals surface area (Å²) in [5.41, 5.74) is 4.05. The Kier molecular flexibility index (Phi) is 5.33. The number of para-hydroxylation sites is 2. The number of anilines is 6. The van der Waals surface area contributed by atoms with Crippen LogP contribution >= 0.6 is 0 Å². The van der Waals surface area contributed by atoms with Crippen molar-refractivity contribution in [2.75, 3.05) is 22.6 Å². The summed E-state index contributed by atoms with van der Waals surface area (Å²) >= 11 is 0. The Hall–Kier alpha value is -3.93. The van der Waals surface area contributed by atoms with Crippen LogP contribution in [-0.4, -0.2) is 22.0 Å². The van der Waals surface area contributed by atoms with Crippen molar-refractivity contribution in [2.24, 2.45) is 0 Å². The van der Waals surface area contributed by atoms with Gasteiger partial charge in [0, 0.05) is 24.1 Å². The van der Waals surface area contributed by atoms with E-state index < -0.39 is 0 Å². The molecule has 0 saturated carbocycles. The second-order valence-electron chi connectivity index (χ2n) is 6.53. The molecule has 6 heteroatoms. The third-order valence-electron chi connectivity index (χ3n) is 4.38. The minimum Gasteiger partial charge on any atom is -0.357 e. The molecule has 0 atom stereocenters. The highest BCUT2D eigenvalue weighted by Crippen LogP contribution is 2.32. The summed E-state index contributed by atoms with van der Waals surface area (Å²) < 4.78 is 0. The summed E-state index contributed by atoms with van der Waals surface area (Å²) in [6, 6.07) is 28.2. The first-order valence-corrected chi connectivity index (χ1v) is 9.41. The predicted molar refractivity (Wildman–Crippen MR) is 119 cm³/mol. The van der Waals surface area contributed by atoms with E-state index in [1.54, 1.807) is 7.05 Å². The maximum absolute atomic E-state index is 4.70. The summed E-state index contributed by atoms with van der Waals surface area (Å²) in [7, 11) is 1.80. The van der Waals surface area contributed by atoms with Gasteiger partial charge >= 0.3 is 0 Å². The minimum absolute atomic E-state index is 0.472. The van der Waals surface area contributed by atoms with E-state index in [1.165, 1.54) is 5.56 Å². The first-order chi connectivity index (χ1) is 14.2. The number of aromatic nitrogens is 3. The molecule has 29 heavy (non-hydrogen) atoms. The van der Waals surface area contributed by atoms with Crippen LogP contribution in [0.4, 0.5) is 34.9 Å². The molecule has 2 N–H and O–H groups in total. The number of hydrogen-bond acceptors (Lipinski definition) is 6. The minimum atomic E-state index is 0.472. The summed E-state index contributed by atoms with van der Waals surface area (Å²) in [5.74, 6) is 1.48. The summed E-state index contributed by atoms with van der Waals surface area (Å²) in [6.07, 6.45) is 0. The second-order valence-corrected chi connectivity index (χ2v) is 6.53. The normalized spacial score (nSPS) is 10.4. The Morgan fingerprint density at radius 3 is 1.76 bits per heavy atom. The Morgan fingerprint density at radius 2 is 1.21 bits per heavy atom. The van der Waals surface area contributed by atoms with Crippen molar-refractivity contribution in [3.8, 4) is 0 Å². The molecule has 0 aliphatic rings. The van der Waals surface area contributed by atoms with Gasteiger partial charge in [0.15, 0.2) is 0 Å². The highest BCUT2D eigenvalue weighted by atomic mass is 15.3. The molecular weight excluding hydrogens is 360 g/mol. The fourth-order valence-corrected chi connectivity index (χ4v) is 2.93. The van der Waals surface area contributed by atoms with E-state index in [0.29, 0.717) is 17.8 Å². The average Bonchev–Trinajstić information content (AvgIpc) is 2.77. The van der Waals surface area contributed by atoms with Crippen molar-refractivity contribution >= 4 is 34.9 Å². The van der Waals surface area contributed by atoms with Crippen molar-refractivity contribution < 1.29 is 0 Å².